The van der Waals surface area contributed by atoms with Gasteiger partial charge in [0.1, 0.15) is 6.33 Å². The third-order valence-electron chi connectivity index (χ3n) is 5.80. The van der Waals surface area contributed by atoms with E-state index in [9.17, 15) is 18.0 Å². The van der Waals surface area contributed by atoms with Gasteiger partial charge in [-0.1, -0.05) is 29.0 Å². The zero-order valence-electron chi connectivity index (χ0n) is 18.2. The van der Waals surface area contributed by atoms with E-state index in [0.29, 0.717) is 43.2 Å². The number of amides is 1. The van der Waals surface area contributed by atoms with E-state index < -0.39 is 17.6 Å². The Morgan fingerprint density at radius 1 is 0.971 bits per heavy atom. The standard InChI is InChI=1S/C23H20F3N7O/c1-15-5-7-18(8-6-15)33-21-19(29-30-33)20(27-14-28-21)31-9-11-32(12-10-31)22(34)16-3-2-4-17(13-16)23(24,25)26/h2-8,13-14H,9-12H2,1H3. The first-order chi connectivity index (χ1) is 16.3. The van der Waals surface area contributed by atoms with E-state index in [2.05, 4.69) is 20.3 Å². The van der Waals surface area contributed by atoms with Crippen LogP contribution in [-0.4, -0.2) is 61.9 Å². The first-order valence-electron chi connectivity index (χ1n) is 10.7. The van der Waals surface area contributed by atoms with Crippen molar-refractivity contribution in [2.45, 2.75) is 13.1 Å². The van der Waals surface area contributed by atoms with Crippen molar-refractivity contribution in [2.75, 3.05) is 31.1 Å². The van der Waals surface area contributed by atoms with Crippen LogP contribution in [0.5, 0.6) is 0 Å². The molecule has 3 heterocycles. The number of aromatic nitrogens is 5. The highest BCUT2D eigenvalue weighted by Gasteiger charge is 2.32. The van der Waals surface area contributed by atoms with Gasteiger partial charge >= 0.3 is 6.18 Å². The normalized spacial score (nSPS) is 14.6. The van der Waals surface area contributed by atoms with Crippen LogP contribution in [0.4, 0.5) is 19.0 Å². The Hall–Kier alpha value is -4.02. The molecule has 1 aliphatic rings. The molecule has 2 aromatic carbocycles. The number of benzene rings is 2. The van der Waals surface area contributed by atoms with E-state index in [-0.39, 0.29) is 5.56 Å². The molecule has 34 heavy (non-hydrogen) atoms. The first kappa shape index (κ1) is 21.8. The molecule has 0 aliphatic carbocycles. The summed E-state index contributed by atoms with van der Waals surface area (Å²) in [5.41, 5.74) is 2.25. The maximum atomic E-state index is 13.0. The van der Waals surface area contributed by atoms with E-state index in [1.165, 1.54) is 18.5 Å². The lowest BCUT2D eigenvalue weighted by Crippen LogP contribution is -2.49. The molecule has 8 nitrogen and oxygen atoms in total. The molecule has 0 bridgehead atoms. The van der Waals surface area contributed by atoms with Crippen molar-refractivity contribution in [3.8, 4) is 5.69 Å². The molecule has 5 rings (SSSR count). The zero-order valence-corrected chi connectivity index (χ0v) is 18.2. The van der Waals surface area contributed by atoms with Crippen molar-refractivity contribution >= 4 is 22.9 Å². The number of carbonyl (C=O) groups is 1. The monoisotopic (exact) mass is 467 g/mol. The van der Waals surface area contributed by atoms with Crippen LogP contribution in [0.1, 0.15) is 21.5 Å². The average molecular weight is 467 g/mol. The van der Waals surface area contributed by atoms with Gasteiger partial charge < -0.3 is 9.80 Å². The van der Waals surface area contributed by atoms with Crippen LogP contribution in [0.15, 0.2) is 54.9 Å². The summed E-state index contributed by atoms with van der Waals surface area (Å²) in [7, 11) is 0. The Kier molecular flexibility index (Phi) is 5.39. The zero-order chi connectivity index (χ0) is 23.9. The largest absolute Gasteiger partial charge is 0.416 e. The summed E-state index contributed by atoms with van der Waals surface area (Å²) in [6.45, 7) is 3.59. The number of aryl methyl sites for hydroxylation is 1. The van der Waals surface area contributed by atoms with E-state index in [1.807, 2.05) is 36.1 Å². The Labute approximate surface area is 192 Å². The summed E-state index contributed by atoms with van der Waals surface area (Å²) in [6, 6.07) is 12.3. The second-order valence-electron chi connectivity index (χ2n) is 8.06. The van der Waals surface area contributed by atoms with Crippen molar-refractivity contribution in [2.24, 2.45) is 0 Å². The molecule has 0 atom stereocenters. The summed E-state index contributed by atoms with van der Waals surface area (Å²) in [5.74, 6) is 0.179. The lowest BCUT2D eigenvalue weighted by Gasteiger charge is -2.35. The minimum atomic E-state index is -4.50. The van der Waals surface area contributed by atoms with Crippen LogP contribution < -0.4 is 4.90 Å². The van der Waals surface area contributed by atoms with Crippen molar-refractivity contribution < 1.29 is 18.0 Å². The smallest absolute Gasteiger partial charge is 0.351 e. The van der Waals surface area contributed by atoms with Gasteiger partial charge in [0.2, 0.25) is 0 Å². The molecule has 2 aromatic heterocycles. The highest BCUT2D eigenvalue weighted by Crippen LogP contribution is 2.30. The number of halogens is 3. The van der Waals surface area contributed by atoms with E-state index in [0.717, 1.165) is 23.4 Å². The van der Waals surface area contributed by atoms with Gasteiger partial charge in [0.15, 0.2) is 17.0 Å². The Bertz CT molecular complexity index is 1340. The summed E-state index contributed by atoms with van der Waals surface area (Å²) in [5, 5.41) is 8.53. The summed E-state index contributed by atoms with van der Waals surface area (Å²) >= 11 is 0. The number of alkyl halides is 3. The number of hydrogen-bond acceptors (Lipinski definition) is 6. The minimum Gasteiger partial charge on any atom is -0.351 e. The number of fused-ring (bicyclic) bond motifs is 1. The molecule has 1 aliphatic heterocycles. The highest BCUT2D eigenvalue weighted by molar-refractivity contribution is 5.94. The van der Waals surface area contributed by atoms with Crippen LogP contribution in [0.2, 0.25) is 0 Å². The maximum absolute atomic E-state index is 13.0. The molecule has 1 fully saturated rings. The summed E-state index contributed by atoms with van der Waals surface area (Å²) < 4.78 is 40.7. The van der Waals surface area contributed by atoms with Crippen LogP contribution in [0.25, 0.3) is 16.9 Å². The number of rotatable bonds is 3. The van der Waals surface area contributed by atoms with E-state index in [4.69, 9.17) is 0 Å². The van der Waals surface area contributed by atoms with E-state index >= 15 is 0 Å². The molecular formula is C23H20F3N7O. The molecule has 11 heteroatoms. The molecular weight excluding hydrogens is 447 g/mol. The second kappa shape index (κ2) is 8.40. The summed E-state index contributed by atoms with van der Waals surface area (Å²) in [4.78, 5) is 25.1. The Balaban J connectivity index is 1.34. The predicted octanol–water partition coefficient (Wildman–Crippen LogP) is 3.50. The lowest BCUT2D eigenvalue weighted by atomic mass is 10.1. The fraction of sp³-hybridized carbons (Fsp3) is 0.261. The molecule has 0 radical (unpaired) electrons. The fourth-order valence-electron chi connectivity index (χ4n) is 3.96. The third kappa shape index (κ3) is 4.04. The molecule has 174 valence electrons. The molecule has 0 spiro atoms. The molecule has 0 N–H and O–H groups in total. The third-order valence-corrected chi connectivity index (χ3v) is 5.80. The molecule has 1 saturated heterocycles. The van der Waals surface area contributed by atoms with Crippen LogP contribution >= 0.6 is 0 Å². The Morgan fingerprint density at radius 2 is 1.71 bits per heavy atom. The molecule has 0 saturated carbocycles. The van der Waals surface area contributed by atoms with Gasteiger partial charge in [-0.15, -0.1) is 5.10 Å². The van der Waals surface area contributed by atoms with Crippen molar-refractivity contribution in [3.63, 3.8) is 0 Å². The molecule has 4 aromatic rings. The van der Waals surface area contributed by atoms with Gasteiger partial charge in [0.25, 0.3) is 5.91 Å². The lowest BCUT2D eigenvalue weighted by molar-refractivity contribution is -0.137. The summed E-state index contributed by atoms with van der Waals surface area (Å²) in [6.07, 6.45) is -3.05. The predicted molar refractivity (Wildman–Crippen MR) is 119 cm³/mol. The first-order valence-corrected chi connectivity index (χ1v) is 10.7. The van der Waals surface area contributed by atoms with Crippen molar-refractivity contribution in [3.05, 3.63) is 71.5 Å². The maximum Gasteiger partial charge on any atom is 0.416 e. The van der Waals surface area contributed by atoms with Crippen LogP contribution in [0, 0.1) is 6.92 Å². The van der Waals surface area contributed by atoms with Gasteiger partial charge in [-0.2, -0.15) is 17.9 Å². The molecule has 1 amide bonds. The van der Waals surface area contributed by atoms with Crippen LogP contribution in [0.3, 0.4) is 0 Å². The quantitative estimate of drug-likeness (QED) is 0.459. The number of hydrogen-bond donors (Lipinski definition) is 0. The van der Waals surface area contributed by atoms with Gasteiger partial charge in [0.05, 0.1) is 11.3 Å². The van der Waals surface area contributed by atoms with Crippen molar-refractivity contribution in [1.29, 1.82) is 0 Å². The van der Waals surface area contributed by atoms with Gasteiger partial charge in [-0.3, -0.25) is 4.79 Å². The van der Waals surface area contributed by atoms with Crippen LogP contribution in [-0.2, 0) is 6.18 Å². The highest BCUT2D eigenvalue weighted by atomic mass is 19.4. The van der Waals surface area contributed by atoms with Crippen molar-refractivity contribution in [1.82, 2.24) is 29.9 Å². The van der Waals surface area contributed by atoms with E-state index in [1.54, 1.807) is 9.58 Å². The minimum absolute atomic E-state index is 0.0220. The number of anilines is 1. The Morgan fingerprint density at radius 3 is 2.41 bits per heavy atom. The van der Waals surface area contributed by atoms with Gasteiger partial charge in [-0.25, -0.2) is 9.97 Å². The number of carbonyl (C=O) groups excluding carboxylic acids is 1. The molecule has 0 unspecified atom stereocenters. The van der Waals surface area contributed by atoms with Gasteiger partial charge in [-0.05, 0) is 37.3 Å². The SMILES string of the molecule is Cc1ccc(-n2nnc3c(N4CCN(C(=O)c5cccc(C(F)(F)F)c5)CC4)ncnc32)cc1. The number of nitrogens with zero attached hydrogens (tertiary/aromatic N) is 7. The fourth-order valence-corrected chi connectivity index (χ4v) is 3.96. The topological polar surface area (TPSA) is 80.0 Å². The van der Waals surface area contributed by atoms with Gasteiger partial charge in [0, 0.05) is 31.7 Å². The number of piperazine rings is 1. The second-order valence-corrected chi connectivity index (χ2v) is 8.06. The average Bonchev–Trinajstić information content (AvgIpc) is 3.28.